The van der Waals surface area contributed by atoms with Gasteiger partial charge in [-0.2, -0.15) is 5.26 Å². The maximum absolute atomic E-state index is 8.85. The summed E-state index contributed by atoms with van der Waals surface area (Å²) in [5, 5.41) is 8.85. The lowest BCUT2D eigenvalue weighted by atomic mass is 10.0. The highest BCUT2D eigenvalue weighted by Gasteiger charge is 1.99. The predicted molar refractivity (Wildman–Crippen MR) is 99.9 cm³/mol. The molecule has 0 radical (unpaired) electrons. The molecule has 0 bridgehead atoms. The summed E-state index contributed by atoms with van der Waals surface area (Å²) in [7, 11) is 0. The van der Waals surface area contributed by atoms with Crippen LogP contribution >= 0.6 is 0 Å². The molecule has 0 saturated carbocycles. The Balaban J connectivity index is 1.71. The minimum Gasteiger partial charge on any atom is -0.381 e. The molecule has 24 heavy (non-hydrogen) atoms. The fraction of sp³-hybridized carbons (Fsp3) is 0.409. The minimum atomic E-state index is 0.696. The van der Waals surface area contributed by atoms with Crippen molar-refractivity contribution in [3.63, 3.8) is 0 Å². The van der Waals surface area contributed by atoms with E-state index in [-0.39, 0.29) is 0 Å². The molecule has 2 heteroatoms. The second-order valence-corrected chi connectivity index (χ2v) is 6.16. The number of unbranched alkanes of at least 4 members (excludes halogenated alkanes) is 4. The first-order valence-electron chi connectivity index (χ1n) is 9.00. The van der Waals surface area contributed by atoms with E-state index >= 15 is 0 Å². The highest BCUT2D eigenvalue weighted by Crippen LogP contribution is 2.20. The molecule has 2 aromatic carbocycles. The van der Waals surface area contributed by atoms with E-state index in [2.05, 4.69) is 37.3 Å². The fourth-order valence-electron chi connectivity index (χ4n) is 2.70. The SMILES string of the molecule is CCCCCCCOCCc1ccc(-c2ccc(C#N)cc2)cc1. The van der Waals surface area contributed by atoms with E-state index in [0.717, 1.165) is 25.2 Å². The number of hydrogen-bond donors (Lipinski definition) is 0. The monoisotopic (exact) mass is 321 g/mol. The van der Waals surface area contributed by atoms with Gasteiger partial charge in [-0.3, -0.25) is 0 Å². The maximum Gasteiger partial charge on any atom is 0.0991 e. The summed E-state index contributed by atoms with van der Waals surface area (Å²) in [6, 6.07) is 18.5. The van der Waals surface area contributed by atoms with E-state index in [1.165, 1.54) is 43.2 Å². The number of rotatable bonds is 10. The van der Waals surface area contributed by atoms with E-state index in [1.807, 2.05) is 24.3 Å². The lowest BCUT2D eigenvalue weighted by molar-refractivity contribution is 0.133. The van der Waals surface area contributed by atoms with E-state index < -0.39 is 0 Å². The molecule has 0 aromatic heterocycles. The number of ether oxygens (including phenoxy) is 1. The number of hydrogen-bond acceptors (Lipinski definition) is 2. The second kappa shape index (κ2) is 10.6. The minimum absolute atomic E-state index is 0.696. The average Bonchev–Trinajstić information content (AvgIpc) is 2.64. The molecule has 0 aliphatic carbocycles. The van der Waals surface area contributed by atoms with Gasteiger partial charge in [-0.15, -0.1) is 0 Å². The normalized spacial score (nSPS) is 10.5. The summed E-state index contributed by atoms with van der Waals surface area (Å²) < 4.78 is 5.73. The molecule has 0 fully saturated rings. The Kier molecular flexibility index (Phi) is 8.07. The zero-order valence-corrected chi connectivity index (χ0v) is 14.6. The molecule has 0 atom stereocenters. The molecular formula is C22H27NO. The molecular weight excluding hydrogens is 294 g/mol. The van der Waals surface area contributed by atoms with E-state index in [0.29, 0.717) is 5.56 Å². The summed E-state index contributed by atoms with van der Waals surface area (Å²) in [5.41, 5.74) is 4.32. The molecule has 0 unspecified atom stereocenters. The van der Waals surface area contributed by atoms with Crippen molar-refractivity contribution in [1.29, 1.82) is 5.26 Å². The molecule has 2 aromatic rings. The van der Waals surface area contributed by atoms with Gasteiger partial charge in [-0.1, -0.05) is 69.0 Å². The van der Waals surface area contributed by atoms with Gasteiger partial charge < -0.3 is 4.74 Å². The van der Waals surface area contributed by atoms with Crippen molar-refractivity contribution < 1.29 is 4.74 Å². The molecule has 126 valence electrons. The van der Waals surface area contributed by atoms with Gasteiger partial charge >= 0.3 is 0 Å². The first-order chi connectivity index (χ1) is 11.8. The smallest absolute Gasteiger partial charge is 0.0991 e. The van der Waals surface area contributed by atoms with E-state index in [9.17, 15) is 0 Å². The summed E-state index contributed by atoms with van der Waals surface area (Å²) >= 11 is 0. The topological polar surface area (TPSA) is 33.0 Å². The standard InChI is InChI=1S/C22H27NO/c1-2-3-4-5-6-16-24-17-15-19-7-11-21(12-8-19)22-13-9-20(18-23)10-14-22/h7-14H,2-6,15-17H2,1H3. The zero-order chi connectivity index (χ0) is 17.0. The molecule has 0 spiro atoms. The summed E-state index contributed by atoms with van der Waals surface area (Å²) in [6.07, 6.45) is 7.38. The third-order valence-corrected chi connectivity index (χ3v) is 4.23. The van der Waals surface area contributed by atoms with Crippen molar-refractivity contribution in [3.05, 3.63) is 59.7 Å². The van der Waals surface area contributed by atoms with Gasteiger partial charge in [0.05, 0.1) is 18.2 Å². The molecule has 0 aliphatic heterocycles. The van der Waals surface area contributed by atoms with Crippen LogP contribution in [-0.2, 0) is 11.2 Å². The molecule has 0 heterocycles. The van der Waals surface area contributed by atoms with Crippen LogP contribution in [0, 0.1) is 11.3 Å². The van der Waals surface area contributed by atoms with E-state index in [4.69, 9.17) is 10.00 Å². The van der Waals surface area contributed by atoms with Gasteiger partial charge in [0.1, 0.15) is 0 Å². The Labute approximate surface area is 146 Å². The summed E-state index contributed by atoms with van der Waals surface area (Å²) in [6.45, 7) is 3.92. The third-order valence-electron chi connectivity index (χ3n) is 4.23. The van der Waals surface area contributed by atoms with Crippen LogP contribution in [0.25, 0.3) is 11.1 Å². The van der Waals surface area contributed by atoms with Crippen LogP contribution in [0.4, 0.5) is 0 Å². The van der Waals surface area contributed by atoms with Crippen LogP contribution in [0.1, 0.15) is 50.2 Å². The van der Waals surface area contributed by atoms with Crippen LogP contribution in [-0.4, -0.2) is 13.2 Å². The van der Waals surface area contributed by atoms with Gasteiger partial charge in [0.25, 0.3) is 0 Å². The van der Waals surface area contributed by atoms with Crippen molar-refractivity contribution in [2.45, 2.75) is 45.4 Å². The highest BCUT2D eigenvalue weighted by molar-refractivity contribution is 5.64. The zero-order valence-electron chi connectivity index (χ0n) is 14.6. The lowest BCUT2D eigenvalue weighted by Gasteiger charge is -2.06. The van der Waals surface area contributed by atoms with Crippen molar-refractivity contribution >= 4 is 0 Å². The van der Waals surface area contributed by atoms with Crippen molar-refractivity contribution in [2.24, 2.45) is 0 Å². The van der Waals surface area contributed by atoms with Gasteiger partial charge in [-0.25, -0.2) is 0 Å². The van der Waals surface area contributed by atoms with Gasteiger partial charge in [-0.05, 0) is 41.7 Å². The average molecular weight is 321 g/mol. The predicted octanol–water partition coefficient (Wildman–Crippen LogP) is 5.75. The molecule has 0 aliphatic rings. The van der Waals surface area contributed by atoms with Crippen LogP contribution in [0.3, 0.4) is 0 Å². The van der Waals surface area contributed by atoms with Crippen LogP contribution < -0.4 is 0 Å². The number of nitriles is 1. The molecule has 0 saturated heterocycles. The summed E-state index contributed by atoms with van der Waals surface area (Å²) in [4.78, 5) is 0. The second-order valence-electron chi connectivity index (χ2n) is 6.16. The van der Waals surface area contributed by atoms with Crippen LogP contribution in [0.5, 0.6) is 0 Å². The van der Waals surface area contributed by atoms with Gasteiger partial charge in [0.2, 0.25) is 0 Å². The number of benzene rings is 2. The Hall–Kier alpha value is -2.11. The Morgan fingerprint density at radius 1 is 0.792 bits per heavy atom. The molecule has 2 nitrogen and oxygen atoms in total. The third kappa shape index (κ3) is 6.18. The quantitative estimate of drug-likeness (QED) is 0.522. The molecule has 2 rings (SSSR count). The van der Waals surface area contributed by atoms with Crippen LogP contribution in [0.15, 0.2) is 48.5 Å². The molecule has 0 N–H and O–H groups in total. The largest absolute Gasteiger partial charge is 0.381 e. The Bertz CT molecular complexity index is 623. The maximum atomic E-state index is 8.85. The number of nitrogens with zero attached hydrogens (tertiary/aromatic N) is 1. The van der Waals surface area contributed by atoms with Crippen LogP contribution in [0.2, 0.25) is 0 Å². The van der Waals surface area contributed by atoms with Gasteiger partial charge in [0.15, 0.2) is 0 Å². The van der Waals surface area contributed by atoms with E-state index in [1.54, 1.807) is 0 Å². The van der Waals surface area contributed by atoms with Crippen molar-refractivity contribution in [3.8, 4) is 17.2 Å². The lowest BCUT2D eigenvalue weighted by Crippen LogP contribution is -2.00. The Morgan fingerprint density at radius 2 is 1.42 bits per heavy atom. The van der Waals surface area contributed by atoms with Crippen molar-refractivity contribution in [1.82, 2.24) is 0 Å². The summed E-state index contributed by atoms with van der Waals surface area (Å²) in [5.74, 6) is 0. The Morgan fingerprint density at radius 3 is 2.04 bits per heavy atom. The first kappa shape index (κ1) is 18.2. The van der Waals surface area contributed by atoms with Crippen molar-refractivity contribution in [2.75, 3.05) is 13.2 Å². The first-order valence-corrected chi connectivity index (χ1v) is 9.00. The fourth-order valence-corrected chi connectivity index (χ4v) is 2.70. The molecule has 0 amide bonds. The highest BCUT2D eigenvalue weighted by atomic mass is 16.5. The van der Waals surface area contributed by atoms with Gasteiger partial charge in [0, 0.05) is 6.61 Å².